The maximum atomic E-state index is 11.1. The first kappa shape index (κ1) is 11.7. The van der Waals surface area contributed by atoms with Crippen molar-refractivity contribution in [2.75, 3.05) is 11.4 Å². The molecular formula is C12H11ClN2O2. The van der Waals surface area contributed by atoms with Gasteiger partial charge in [-0.1, -0.05) is 11.6 Å². The summed E-state index contributed by atoms with van der Waals surface area (Å²) in [6.45, 7) is 0.708. The Hall–Kier alpha value is -1.73. The van der Waals surface area contributed by atoms with Gasteiger partial charge in [0, 0.05) is 12.2 Å². The minimum Gasteiger partial charge on any atom is -0.480 e. The Balaban J connectivity index is 2.31. The average Bonchev–Trinajstić information content (AvgIpc) is 2.77. The number of hydrogen-bond acceptors (Lipinski definition) is 3. The number of carbonyl (C=O) groups is 1. The van der Waals surface area contributed by atoms with Gasteiger partial charge in [0.1, 0.15) is 12.1 Å². The van der Waals surface area contributed by atoms with Crippen LogP contribution < -0.4 is 4.90 Å². The van der Waals surface area contributed by atoms with E-state index in [2.05, 4.69) is 0 Å². The lowest BCUT2D eigenvalue weighted by Gasteiger charge is -2.23. The Kier molecular flexibility index (Phi) is 3.21. The van der Waals surface area contributed by atoms with E-state index in [4.69, 9.17) is 22.0 Å². The molecule has 1 heterocycles. The molecule has 0 spiro atoms. The summed E-state index contributed by atoms with van der Waals surface area (Å²) >= 11 is 5.94. The fraction of sp³-hybridized carbons (Fsp3) is 0.333. The lowest BCUT2D eigenvalue weighted by Crippen LogP contribution is -2.35. The van der Waals surface area contributed by atoms with Crippen LogP contribution in [-0.4, -0.2) is 23.7 Å². The van der Waals surface area contributed by atoms with Gasteiger partial charge in [0.25, 0.3) is 0 Å². The quantitative estimate of drug-likeness (QED) is 0.875. The van der Waals surface area contributed by atoms with Crippen molar-refractivity contribution in [1.82, 2.24) is 0 Å². The van der Waals surface area contributed by atoms with Crippen LogP contribution in [0.5, 0.6) is 0 Å². The summed E-state index contributed by atoms with van der Waals surface area (Å²) < 4.78 is 0. The van der Waals surface area contributed by atoms with Crippen LogP contribution >= 0.6 is 11.6 Å². The molecule has 1 aliphatic heterocycles. The number of carboxylic acid groups (broad SMARTS) is 1. The zero-order valence-electron chi connectivity index (χ0n) is 9.06. The number of nitrogens with zero attached hydrogens (tertiary/aromatic N) is 2. The summed E-state index contributed by atoms with van der Waals surface area (Å²) in [6.07, 6.45) is 1.50. The summed E-state index contributed by atoms with van der Waals surface area (Å²) in [6, 6.07) is 6.51. The van der Waals surface area contributed by atoms with E-state index in [1.807, 2.05) is 11.0 Å². The van der Waals surface area contributed by atoms with Crippen LogP contribution in [0.25, 0.3) is 0 Å². The van der Waals surface area contributed by atoms with Crippen LogP contribution in [0.3, 0.4) is 0 Å². The monoisotopic (exact) mass is 250 g/mol. The largest absolute Gasteiger partial charge is 0.480 e. The lowest BCUT2D eigenvalue weighted by atomic mass is 10.2. The number of rotatable bonds is 2. The van der Waals surface area contributed by atoms with Gasteiger partial charge in [0.05, 0.1) is 10.6 Å². The molecule has 4 nitrogen and oxygen atoms in total. The van der Waals surface area contributed by atoms with Crippen LogP contribution in [0, 0.1) is 11.3 Å². The second-order valence-electron chi connectivity index (χ2n) is 3.97. The summed E-state index contributed by atoms with van der Waals surface area (Å²) in [7, 11) is 0. The average molecular weight is 251 g/mol. The molecule has 1 atom stereocenters. The third kappa shape index (κ3) is 2.20. The molecule has 17 heavy (non-hydrogen) atoms. The fourth-order valence-corrected chi connectivity index (χ4v) is 2.32. The maximum absolute atomic E-state index is 11.1. The predicted molar refractivity (Wildman–Crippen MR) is 64.2 cm³/mol. The van der Waals surface area contributed by atoms with E-state index in [1.54, 1.807) is 18.2 Å². The summed E-state index contributed by atoms with van der Waals surface area (Å²) in [4.78, 5) is 12.9. The van der Waals surface area contributed by atoms with E-state index in [0.29, 0.717) is 23.6 Å². The molecule has 2 rings (SSSR count). The number of halogens is 1. The van der Waals surface area contributed by atoms with Gasteiger partial charge in [-0.15, -0.1) is 0 Å². The molecule has 0 saturated carbocycles. The van der Waals surface area contributed by atoms with Crippen molar-refractivity contribution >= 4 is 23.3 Å². The molecule has 5 heteroatoms. The van der Waals surface area contributed by atoms with Crippen molar-refractivity contribution in [1.29, 1.82) is 5.26 Å². The minimum absolute atomic E-state index is 0.362. The Morgan fingerprint density at radius 1 is 1.59 bits per heavy atom. The lowest BCUT2D eigenvalue weighted by molar-refractivity contribution is -0.138. The first-order valence-corrected chi connectivity index (χ1v) is 5.70. The topological polar surface area (TPSA) is 64.3 Å². The van der Waals surface area contributed by atoms with Gasteiger partial charge in [0.15, 0.2) is 0 Å². The molecule has 1 saturated heterocycles. The third-order valence-electron chi connectivity index (χ3n) is 2.94. The van der Waals surface area contributed by atoms with Gasteiger partial charge in [-0.05, 0) is 31.0 Å². The standard InChI is InChI=1S/C12H11ClN2O2/c13-10-6-9(4-3-8(10)7-14)15-5-1-2-11(15)12(16)17/h3-4,6,11H,1-2,5H2,(H,16,17). The molecule has 0 amide bonds. The number of aliphatic carboxylic acids is 1. The van der Waals surface area contributed by atoms with Gasteiger partial charge in [0.2, 0.25) is 0 Å². The molecule has 88 valence electrons. The summed E-state index contributed by atoms with van der Waals surface area (Å²) in [5.74, 6) is -0.817. The summed E-state index contributed by atoms with van der Waals surface area (Å²) in [5, 5.41) is 18.2. The van der Waals surface area contributed by atoms with Crippen LogP contribution in [-0.2, 0) is 4.79 Å². The number of carboxylic acids is 1. The zero-order chi connectivity index (χ0) is 12.4. The van der Waals surface area contributed by atoms with Gasteiger partial charge in [-0.3, -0.25) is 0 Å². The molecule has 1 aromatic rings. The van der Waals surface area contributed by atoms with Gasteiger partial charge in [-0.25, -0.2) is 4.79 Å². The van der Waals surface area contributed by atoms with Gasteiger partial charge < -0.3 is 10.0 Å². The molecule has 1 fully saturated rings. The van der Waals surface area contributed by atoms with Crippen molar-refractivity contribution in [3.8, 4) is 6.07 Å². The molecular weight excluding hydrogens is 240 g/mol. The third-order valence-corrected chi connectivity index (χ3v) is 3.26. The smallest absolute Gasteiger partial charge is 0.326 e. The van der Waals surface area contributed by atoms with E-state index < -0.39 is 12.0 Å². The number of hydrogen-bond donors (Lipinski definition) is 1. The van der Waals surface area contributed by atoms with Crippen LogP contribution in [0.15, 0.2) is 18.2 Å². The van der Waals surface area contributed by atoms with Crippen molar-refractivity contribution < 1.29 is 9.90 Å². The van der Waals surface area contributed by atoms with Gasteiger partial charge >= 0.3 is 5.97 Å². The second-order valence-corrected chi connectivity index (χ2v) is 4.37. The van der Waals surface area contributed by atoms with E-state index in [9.17, 15) is 4.79 Å². The molecule has 1 aromatic carbocycles. The molecule has 0 bridgehead atoms. The summed E-state index contributed by atoms with van der Waals surface area (Å²) in [5.41, 5.74) is 1.17. The highest BCUT2D eigenvalue weighted by Gasteiger charge is 2.30. The highest BCUT2D eigenvalue weighted by atomic mass is 35.5. The maximum Gasteiger partial charge on any atom is 0.326 e. The highest BCUT2D eigenvalue weighted by Crippen LogP contribution is 2.29. The Bertz CT molecular complexity index is 496. The first-order chi connectivity index (χ1) is 8.13. The molecule has 0 radical (unpaired) electrons. The Labute approximate surface area is 104 Å². The van der Waals surface area contributed by atoms with Gasteiger partial charge in [-0.2, -0.15) is 5.26 Å². The second kappa shape index (κ2) is 4.64. The predicted octanol–water partition coefficient (Wildman–Crippen LogP) is 2.27. The van der Waals surface area contributed by atoms with Crippen LogP contribution in [0.4, 0.5) is 5.69 Å². The first-order valence-electron chi connectivity index (χ1n) is 5.32. The highest BCUT2D eigenvalue weighted by molar-refractivity contribution is 6.32. The fourth-order valence-electron chi connectivity index (χ4n) is 2.11. The molecule has 0 aliphatic carbocycles. The van der Waals surface area contributed by atoms with E-state index in [0.717, 1.165) is 12.1 Å². The van der Waals surface area contributed by atoms with E-state index in [-0.39, 0.29) is 0 Å². The molecule has 1 unspecified atom stereocenters. The van der Waals surface area contributed by atoms with Crippen LogP contribution in [0.2, 0.25) is 5.02 Å². The zero-order valence-corrected chi connectivity index (χ0v) is 9.81. The molecule has 1 N–H and O–H groups in total. The van der Waals surface area contributed by atoms with E-state index in [1.165, 1.54) is 0 Å². The van der Waals surface area contributed by atoms with Crippen molar-refractivity contribution in [3.05, 3.63) is 28.8 Å². The van der Waals surface area contributed by atoms with Crippen LogP contribution in [0.1, 0.15) is 18.4 Å². The van der Waals surface area contributed by atoms with Crippen molar-refractivity contribution in [2.24, 2.45) is 0 Å². The van der Waals surface area contributed by atoms with Crippen molar-refractivity contribution in [3.63, 3.8) is 0 Å². The Morgan fingerprint density at radius 2 is 2.35 bits per heavy atom. The number of anilines is 1. The molecule has 0 aromatic heterocycles. The van der Waals surface area contributed by atoms with Crippen molar-refractivity contribution in [2.45, 2.75) is 18.9 Å². The normalized spacial score (nSPS) is 19.1. The SMILES string of the molecule is N#Cc1ccc(N2CCCC2C(=O)O)cc1Cl. The Morgan fingerprint density at radius 3 is 2.94 bits per heavy atom. The number of benzene rings is 1. The van der Waals surface area contributed by atoms with E-state index >= 15 is 0 Å². The number of nitriles is 1. The minimum atomic E-state index is -0.817. The molecule has 1 aliphatic rings.